The number of carbonyl (C=O) groups excluding carboxylic acids is 1. The molecule has 2 unspecified atom stereocenters. The molecule has 1 saturated heterocycles. The number of pyridine rings is 1. The van der Waals surface area contributed by atoms with Gasteiger partial charge in [0.05, 0.1) is 5.69 Å². The zero-order valence-corrected chi connectivity index (χ0v) is 10.9. The van der Waals surface area contributed by atoms with E-state index in [0.29, 0.717) is 23.3 Å². The van der Waals surface area contributed by atoms with Gasteiger partial charge in [0.25, 0.3) is 5.91 Å². The fraction of sp³-hybridized carbons (Fsp3) is 0.538. The number of nitrogens with zero attached hydrogens (tertiary/aromatic N) is 2. The first kappa shape index (κ1) is 12.7. The number of carbonyl (C=O) groups is 1. The maximum absolute atomic E-state index is 11.2. The Hall–Kier alpha value is -1.78. The van der Waals surface area contributed by atoms with Crippen LogP contribution in [0.2, 0.25) is 0 Å². The SMILES string of the molecule is CC1CC(C)CN(c2nc(C(N)=O)ccc2N)C1. The predicted molar refractivity (Wildman–Crippen MR) is 72.3 cm³/mol. The van der Waals surface area contributed by atoms with Crippen molar-refractivity contribution >= 4 is 17.4 Å². The largest absolute Gasteiger partial charge is 0.396 e. The van der Waals surface area contributed by atoms with E-state index in [1.54, 1.807) is 12.1 Å². The lowest BCUT2D eigenvalue weighted by Gasteiger charge is -2.36. The summed E-state index contributed by atoms with van der Waals surface area (Å²) in [5.41, 5.74) is 12.1. The monoisotopic (exact) mass is 248 g/mol. The number of nitrogen functional groups attached to an aromatic ring is 1. The van der Waals surface area contributed by atoms with Gasteiger partial charge in [-0.2, -0.15) is 0 Å². The number of hydrogen-bond donors (Lipinski definition) is 2. The molecule has 0 aromatic carbocycles. The number of amides is 1. The minimum atomic E-state index is -0.519. The van der Waals surface area contributed by atoms with E-state index < -0.39 is 5.91 Å². The average molecular weight is 248 g/mol. The van der Waals surface area contributed by atoms with Crippen molar-refractivity contribution < 1.29 is 4.79 Å². The van der Waals surface area contributed by atoms with Gasteiger partial charge in [-0.1, -0.05) is 13.8 Å². The van der Waals surface area contributed by atoms with Crippen LogP contribution >= 0.6 is 0 Å². The Morgan fingerprint density at radius 1 is 1.33 bits per heavy atom. The maximum Gasteiger partial charge on any atom is 0.267 e. The van der Waals surface area contributed by atoms with E-state index in [2.05, 4.69) is 23.7 Å². The van der Waals surface area contributed by atoms with Crippen LogP contribution in [0.25, 0.3) is 0 Å². The van der Waals surface area contributed by atoms with E-state index in [1.807, 2.05) is 0 Å². The smallest absolute Gasteiger partial charge is 0.267 e. The third-order valence-corrected chi connectivity index (χ3v) is 3.33. The van der Waals surface area contributed by atoms with Gasteiger partial charge in [0.15, 0.2) is 5.82 Å². The van der Waals surface area contributed by atoms with Gasteiger partial charge < -0.3 is 16.4 Å². The van der Waals surface area contributed by atoms with E-state index in [9.17, 15) is 4.79 Å². The van der Waals surface area contributed by atoms with Crippen LogP contribution in [0.1, 0.15) is 30.8 Å². The summed E-state index contributed by atoms with van der Waals surface area (Å²) in [5, 5.41) is 0. The molecule has 0 bridgehead atoms. The second kappa shape index (κ2) is 4.84. The van der Waals surface area contributed by atoms with Crippen molar-refractivity contribution in [3.8, 4) is 0 Å². The van der Waals surface area contributed by atoms with E-state index >= 15 is 0 Å². The molecule has 2 heterocycles. The Bertz CT molecular complexity index is 450. The van der Waals surface area contributed by atoms with Gasteiger partial charge >= 0.3 is 0 Å². The van der Waals surface area contributed by atoms with E-state index in [1.165, 1.54) is 6.42 Å². The van der Waals surface area contributed by atoms with Crippen molar-refractivity contribution in [2.24, 2.45) is 17.6 Å². The quantitative estimate of drug-likeness (QED) is 0.824. The lowest BCUT2D eigenvalue weighted by atomic mass is 9.92. The second-order valence-electron chi connectivity index (χ2n) is 5.32. The van der Waals surface area contributed by atoms with Crippen LogP contribution in [0.15, 0.2) is 12.1 Å². The molecule has 2 atom stereocenters. The summed E-state index contributed by atoms with van der Waals surface area (Å²) in [6.07, 6.45) is 1.21. The minimum absolute atomic E-state index is 0.269. The fourth-order valence-electron chi connectivity index (χ4n) is 2.69. The van der Waals surface area contributed by atoms with Gasteiger partial charge in [0.2, 0.25) is 0 Å². The predicted octanol–water partition coefficient (Wildman–Crippen LogP) is 1.25. The molecule has 0 radical (unpaired) electrons. The van der Waals surface area contributed by atoms with Crippen LogP contribution in [0.3, 0.4) is 0 Å². The number of hydrogen-bond acceptors (Lipinski definition) is 4. The first-order chi connectivity index (χ1) is 8.47. The Labute approximate surface area is 107 Å². The molecular weight excluding hydrogens is 228 g/mol. The van der Waals surface area contributed by atoms with Crippen LogP contribution in [0.5, 0.6) is 0 Å². The van der Waals surface area contributed by atoms with Gasteiger partial charge in [-0.15, -0.1) is 0 Å². The molecule has 1 aliphatic rings. The normalized spacial score (nSPS) is 24.0. The highest BCUT2D eigenvalue weighted by Gasteiger charge is 2.24. The number of nitrogens with two attached hydrogens (primary N) is 2. The van der Waals surface area contributed by atoms with Crippen LogP contribution in [-0.2, 0) is 0 Å². The zero-order valence-electron chi connectivity index (χ0n) is 10.9. The summed E-state index contributed by atoms with van der Waals surface area (Å²) in [6.45, 7) is 6.28. The van der Waals surface area contributed by atoms with Gasteiger partial charge in [-0.3, -0.25) is 4.79 Å². The van der Waals surface area contributed by atoms with Gasteiger partial charge in [-0.25, -0.2) is 4.98 Å². The standard InChI is InChI=1S/C13H20N4O/c1-8-5-9(2)7-17(6-8)13-10(14)3-4-11(16-13)12(15)18/h3-4,8-9H,5-7,14H2,1-2H3,(H2,15,18). The summed E-state index contributed by atoms with van der Waals surface area (Å²) in [6, 6.07) is 3.27. The number of primary amides is 1. The molecule has 4 N–H and O–H groups in total. The molecule has 1 aromatic rings. The number of rotatable bonds is 2. The summed E-state index contributed by atoms with van der Waals surface area (Å²) < 4.78 is 0. The third kappa shape index (κ3) is 2.55. The molecule has 0 saturated carbocycles. The Morgan fingerprint density at radius 2 is 1.94 bits per heavy atom. The van der Waals surface area contributed by atoms with Crippen LogP contribution in [0.4, 0.5) is 11.5 Å². The van der Waals surface area contributed by atoms with E-state index in [4.69, 9.17) is 11.5 Å². The minimum Gasteiger partial charge on any atom is -0.396 e. The van der Waals surface area contributed by atoms with Crippen LogP contribution in [0, 0.1) is 11.8 Å². The average Bonchev–Trinajstić information content (AvgIpc) is 2.27. The molecule has 1 fully saturated rings. The molecule has 5 heteroatoms. The van der Waals surface area contributed by atoms with Crippen LogP contribution < -0.4 is 16.4 Å². The molecular formula is C13H20N4O. The molecule has 2 rings (SSSR count). The summed E-state index contributed by atoms with van der Waals surface area (Å²) in [4.78, 5) is 17.6. The zero-order chi connectivity index (χ0) is 13.3. The van der Waals surface area contributed by atoms with Crippen molar-refractivity contribution in [3.63, 3.8) is 0 Å². The summed E-state index contributed by atoms with van der Waals surface area (Å²) in [5.74, 6) is 1.37. The molecule has 1 amide bonds. The summed E-state index contributed by atoms with van der Waals surface area (Å²) >= 11 is 0. The fourth-order valence-corrected chi connectivity index (χ4v) is 2.69. The first-order valence-corrected chi connectivity index (χ1v) is 6.28. The Balaban J connectivity index is 2.31. The highest BCUT2D eigenvalue weighted by Crippen LogP contribution is 2.28. The molecule has 5 nitrogen and oxygen atoms in total. The molecule has 0 aliphatic carbocycles. The van der Waals surface area contributed by atoms with Crippen molar-refractivity contribution in [3.05, 3.63) is 17.8 Å². The highest BCUT2D eigenvalue weighted by atomic mass is 16.1. The summed E-state index contributed by atoms with van der Waals surface area (Å²) in [7, 11) is 0. The molecule has 1 aliphatic heterocycles. The van der Waals surface area contributed by atoms with Crippen molar-refractivity contribution in [2.75, 3.05) is 23.7 Å². The Kier molecular flexibility index (Phi) is 3.41. The first-order valence-electron chi connectivity index (χ1n) is 6.28. The molecule has 98 valence electrons. The van der Waals surface area contributed by atoms with E-state index in [0.717, 1.165) is 13.1 Å². The topological polar surface area (TPSA) is 85.2 Å². The molecule has 1 aromatic heterocycles. The number of aromatic nitrogens is 1. The highest BCUT2D eigenvalue weighted by molar-refractivity contribution is 5.91. The van der Waals surface area contributed by atoms with Crippen molar-refractivity contribution in [1.82, 2.24) is 4.98 Å². The number of anilines is 2. The van der Waals surface area contributed by atoms with Crippen molar-refractivity contribution in [1.29, 1.82) is 0 Å². The lowest BCUT2D eigenvalue weighted by Crippen LogP contribution is -2.39. The third-order valence-electron chi connectivity index (χ3n) is 3.33. The van der Waals surface area contributed by atoms with Gasteiger partial charge in [0.1, 0.15) is 5.69 Å². The van der Waals surface area contributed by atoms with Crippen LogP contribution in [-0.4, -0.2) is 24.0 Å². The molecule has 0 spiro atoms. The van der Waals surface area contributed by atoms with Gasteiger partial charge in [-0.05, 0) is 30.4 Å². The maximum atomic E-state index is 11.2. The lowest BCUT2D eigenvalue weighted by molar-refractivity contribution is 0.0995. The molecule has 18 heavy (non-hydrogen) atoms. The van der Waals surface area contributed by atoms with E-state index in [-0.39, 0.29) is 5.69 Å². The Morgan fingerprint density at radius 3 is 2.50 bits per heavy atom. The van der Waals surface area contributed by atoms with Crippen molar-refractivity contribution in [2.45, 2.75) is 20.3 Å². The van der Waals surface area contributed by atoms with Gasteiger partial charge in [0, 0.05) is 13.1 Å². The number of piperidine rings is 1. The second-order valence-corrected chi connectivity index (χ2v) is 5.32.